The van der Waals surface area contributed by atoms with Gasteiger partial charge in [0, 0.05) is 43.8 Å². The smallest absolute Gasteiger partial charge is 0.311 e. The van der Waals surface area contributed by atoms with Gasteiger partial charge in [-0.25, -0.2) is 0 Å². The molecule has 0 saturated carbocycles. The van der Waals surface area contributed by atoms with Gasteiger partial charge in [0.25, 0.3) is 11.8 Å². The van der Waals surface area contributed by atoms with Crippen LogP contribution in [0.5, 0.6) is 0 Å². The summed E-state index contributed by atoms with van der Waals surface area (Å²) in [6.45, 7) is 11.1. The molecule has 17 heteroatoms. The van der Waals surface area contributed by atoms with Crippen LogP contribution >= 0.6 is 0 Å². The summed E-state index contributed by atoms with van der Waals surface area (Å²) in [6, 6.07) is 5.04. The number of hydrogen-bond acceptors (Lipinski definition) is 12. The average Bonchev–Trinajstić information content (AvgIpc) is 3.43. The summed E-state index contributed by atoms with van der Waals surface area (Å²) in [5.74, 6) is -2.79. The molecule has 0 saturated heterocycles. The third-order valence-electron chi connectivity index (χ3n) is 7.35. The van der Waals surface area contributed by atoms with E-state index in [1.165, 1.54) is 26.0 Å². The lowest BCUT2D eigenvalue weighted by Gasteiger charge is -2.18. The summed E-state index contributed by atoms with van der Waals surface area (Å²) in [6.07, 6.45) is 2.40. The van der Waals surface area contributed by atoms with Gasteiger partial charge in [0.1, 0.15) is 18.7 Å². The van der Waals surface area contributed by atoms with Crippen molar-refractivity contribution in [1.82, 2.24) is 20.9 Å². The van der Waals surface area contributed by atoms with E-state index in [9.17, 15) is 33.6 Å². The number of ether oxygens (including phenoxy) is 5. The Morgan fingerprint density at radius 2 is 1.21 bits per heavy atom. The molecular formula is C36H53N5O12. The topological polar surface area (TPSA) is 217 Å². The van der Waals surface area contributed by atoms with Gasteiger partial charge in [-0.05, 0) is 52.3 Å². The highest BCUT2D eigenvalue weighted by molar-refractivity contribution is 6.13. The maximum absolute atomic E-state index is 12.6. The molecule has 1 heterocycles. The second kappa shape index (κ2) is 23.8. The van der Waals surface area contributed by atoms with Gasteiger partial charge in [-0.1, -0.05) is 12.1 Å². The summed E-state index contributed by atoms with van der Waals surface area (Å²) < 4.78 is 26.9. The lowest BCUT2D eigenvalue weighted by atomic mass is 9.97. The van der Waals surface area contributed by atoms with Crippen LogP contribution in [0, 0.1) is 5.41 Å². The highest BCUT2D eigenvalue weighted by atomic mass is 16.6. The Bertz CT molecular complexity index is 1390. The molecule has 0 unspecified atom stereocenters. The zero-order valence-corrected chi connectivity index (χ0v) is 31.2. The van der Waals surface area contributed by atoms with Crippen molar-refractivity contribution in [3.05, 3.63) is 42.0 Å². The summed E-state index contributed by atoms with van der Waals surface area (Å²) in [5, 5.41) is 10.5. The van der Waals surface area contributed by atoms with Crippen LogP contribution in [-0.2, 0) is 63.9 Å². The average molecular weight is 748 g/mol. The number of esters is 1. The number of anilines is 1. The summed E-state index contributed by atoms with van der Waals surface area (Å²) in [7, 11) is 0. The fraction of sp³-hybridized carbons (Fsp3) is 0.583. The van der Waals surface area contributed by atoms with E-state index in [2.05, 4.69) is 21.3 Å². The number of nitrogens with one attached hydrogen (secondary N) is 4. The zero-order chi connectivity index (χ0) is 39.2. The third kappa shape index (κ3) is 18.6. The Morgan fingerprint density at radius 1 is 0.679 bits per heavy atom. The number of carbonyl (C=O) groups is 7. The van der Waals surface area contributed by atoms with Crippen LogP contribution in [0.2, 0.25) is 0 Å². The van der Waals surface area contributed by atoms with Crippen molar-refractivity contribution in [3.63, 3.8) is 0 Å². The molecule has 0 fully saturated rings. The van der Waals surface area contributed by atoms with Crippen molar-refractivity contribution < 1.29 is 57.2 Å². The van der Waals surface area contributed by atoms with Gasteiger partial charge in [-0.2, -0.15) is 0 Å². The van der Waals surface area contributed by atoms with Gasteiger partial charge in [0.05, 0.1) is 58.3 Å². The Labute approximate surface area is 309 Å². The van der Waals surface area contributed by atoms with Crippen molar-refractivity contribution in [2.75, 3.05) is 71.3 Å². The largest absolute Gasteiger partial charge is 0.460 e. The van der Waals surface area contributed by atoms with Crippen molar-refractivity contribution in [1.29, 1.82) is 0 Å². The summed E-state index contributed by atoms with van der Waals surface area (Å²) in [5.41, 5.74) is 0.666. The summed E-state index contributed by atoms with van der Waals surface area (Å²) in [4.78, 5) is 85.1. The minimum atomic E-state index is -0.877. The molecular weight excluding hydrogens is 694 g/mol. The van der Waals surface area contributed by atoms with Gasteiger partial charge in [-0.15, -0.1) is 0 Å². The van der Waals surface area contributed by atoms with Gasteiger partial charge in [0.2, 0.25) is 23.6 Å². The van der Waals surface area contributed by atoms with Crippen LogP contribution in [0.4, 0.5) is 5.69 Å². The fourth-order valence-electron chi connectivity index (χ4n) is 4.23. The fourth-order valence-corrected chi connectivity index (χ4v) is 4.23. The SMILES string of the molecule is C[C@@H](NC(=O)CCOCCOCCOCCOCCNC(=O)CCN1C(=O)C=CC1=O)C(=O)N[C@H](C)C(=O)Nc1ccc(COC(=O)C(C)(C)C)cc1. The highest BCUT2D eigenvalue weighted by Gasteiger charge is 2.24. The molecule has 1 aliphatic heterocycles. The molecule has 1 aliphatic rings. The Morgan fingerprint density at radius 3 is 1.77 bits per heavy atom. The minimum Gasteiger partial charge on any atom is -0.460 e. The van der Waals surface area contributed by atoms with Crippen LogP contribution in [0.3, 0.4) is 0 Å². The monoisotopic (exact) mass is 747 g/mol. The number of rotatable bonds is 25. The van der Waals surface area contributed by atoms with E-state index < -0.39 is 41.1 Å². The summed E-state index contributed by atoms with van der Waals surface area (Å²) >= 11 is 0. The number of benzene rings is 1. The first-order valence-corrected chi connectivity index (χ1v) is 17.5. The standard InChI is InChI=1S/C36H53N5O12/c1-25(33(46)39-26(2)34(47)40-28-8-6-27(7-9-28)24-53-35(48)36(3,4)5)38-30(43)13-16-49-18-20-51-22-23-52-21-19-50-17-14-37-29(42)12-15-41-31(44)10-11-32(41)45/h6-11,25-26H,12-24H2,1-5H3,(H,37,42)(H,38,43)(H,39,46)(H,40,47)/t25-,26-/m1/s1. The number of amides is 6. The Balaban J connectivity index is 1.42. The van der Waals surface area contributed by atoms with Crippen LogP contribution < -0.4 is 21.3 Å². The van der Waals surface area contributed by atoms with Crippen molar-refractivity contribution in [2.45, 2.75) is 66.2 Å². The van der Waals surface area contributed by atoms with E-state index in [4.69, 9.17) is 23.7 Å². The number of imide groups is 1. The molecule has 2 atom stereocenters. The number of carbonyl (C=O) groups excluding carboxylic acids is 7. The van der Waals surface area contributed by atoms with Gasteiger partial charge in [-0.3, -0.25) is 38.5 Å². The van der Waals surface area contributed by atoms with Crippen LogP contribution in [0.25, 0.3) is 0 Å². The Kier molecular flexibility index (Phi) is 19.9. The maximum atomic E-state index is 12.6. The normalized spacial score (nSPS) is 13.7. The highest BCUT2D eigenvalue weighted by Crippen LogP contribution is 2.17. The molecule has 0 aromatic heterocycles. The minimum absolute atomic E-state index is 0.0210. The van der Waals surface area contributed by atoms with Crippen molar-refractivity contribution >= 4 is 47.1 Å². The van der Waals surface area contributed by atoms with Crippen molar-refractivity contribution in [2.24, 2.45) is 5.41 Å². The molecule has 53 heavy (non-hydrogen) atoms. The molecule has 0 aliphatic carbocycles. The molecule has 1 aromatic rings. The third-order valence-corrected chi connectivity index (χ3v) is 7.35. The molecule has 294 valence electrons. The van der Waals surface area contributed by atoms with E-state index in [1.807, 2.05) is 0 Å². The van der Waals surface area contributed by atoms with Crippen LogP contribution in [0.15, 0.2) is 36.4 Å². The molecule has 4 N–H and O–H groups in total. The second-order valence-electron chi connectivity index (χ2n) is 13.0. The molecule has 2 rings (SSSR count). The van der Waals surface area contributed by atoms with E-state index in [1.54, 1.807) is 45.0 Å². The van der Waals surface area contributed by atoms with Crippen LogP contribution in [-0.4, -0.2) is 124 Å². The number of hydrogen-bond donors (Lipinski definition) is 4. The van der Waals surface area contributed by atoms with E-state index in [0.717, 1.165) is 10.5 Å². The molecule has 1 aromatic carbocycles. The zero-order valence-electron chi connectivity index (χ0n) is 31.2. The van der Waals surface area contributed by atoms with Gasteiger partial charge < -0.3 is 45.0 Å². The molecule has 17 nitrogen and oxygen atoms in total. The Hall–Kier alpha value is -4.71. The quantitative estimate of drug-likeness (QED) is 0.0615. The first-order valence-electron chi connectivity index (χ1n) is 17.5. The maximum Gasteiger partial charge on any atom is 0.311 e. The molecule has 0 radical (unpaired) electrons. The number of nitrogens with zero attached hydrogens (tertiary/aromatic N) is 1. The molecule has 6 amide bonds. The predicted octanol–water partition coefficient (Wildman–Crippen LogP) is 0.612. The lowest BCUT2D eigenvalue weighted by molar-refractivity contribution is -0.154. The lowest BCUT2D eigenvalue weighted by Crippen LogP contribution is -2.50. The van der Waals surface area contributed by atoms with Gasteiger partial charge in [0.15, 0.2) is 0 Å². The molecule has 0 bridgehead atoms. The van der Waals surface area contributed by atoms with E-state index >= 15 is 0 Å². The predicted molar refractivity (Wildman–Crippen MR) is 191 cm³/mol. The van der Waals surface area contributed by atoms with Crippen LogP contribution in [0.1, 0.15) is 53.0 Å². The first kappa shape index (κ1) is 44.5. The first-order chi connectivity index (χ1) is 25.2. The van der Waals surface area contributed by atoms with Gasteiger partial charge >= 0.3 is 5.97 Å². The van der Waals surface area contributed by atoms with E-state index in [0.29, 0.717) is 38.7 Å². The molecule has 0 spiro atoms. The van der Waals surface area contributed by atoms with E-state index in [-0.39, 0.29) is 70.1 Å². The second-order valence-corrected chi connectivity index (χ2v) is 13.0. The van der Waals surface area contributed by atoms with Crippen molar-refractivity contribution in [3.8, 4) is 0 Å².